The Hall–Kier alpha value is -2.08. The number of amides is 1. The van der Waals surface area contributed by atoms with Gasteiger partial charge in [-0.15, -0.1) is 0 Å². The highest BCUT2D eigenvalue weighted by Crippen LogP contribution is 2.20. The van der Waals surface area contributed by atoms with Crippen LogP contribution in [-0.4, -0.2) is 52.3 Å². The number of aliphatic hydroxyl groups is 1. The zero-order chi connectivity index (χ0) is 15.6. The molecule has 2 rings (SSSR count). The molecule has 1 amide bonds. The van der Waals surface area contributed by atoms with Crippen molar-refractivity contribution >= 4 is 11.9 Å². The molecule has 2 N–H and O–H groups in total. The van der Waals surface area contributed by atoms with Gasteiger partial charge < -0.3 is 19.8 Å². The van der Waals surface area contributed by atoms with Gasteiger partial charge in [0.15, 0.2) is 6.61 Å². The molecule has 21 heavy (non-hydrogen) atoms. The van der Waals surface area contributed by atoms with Crippen LogP contribution in [0.3, 0.4) is 0 Å². The second-order valence-corrected chi connectivity index (χ2v) is 5.40. The number of aliphatic hydroxyl groups excluding tert-OH is 1. The molecule has 6 heteroatoms. The Balaban J connectivity index is 1.99. The lowest BCUT2D eigenvalue weighted by Crippen LogP contribution is -2.42. The molecule has 2 atom stereocenters. The van der Waals surface area contributed by atoms with Crippen molar-refractivity contribution < 1.29 is 24.5 Å². The van der Waals surface area contributed by atoms with Crippen molar-refractivity contribution in [2.75, 3.05) is 13.2 Å². The highest BCUT2D eigenvalue weighted by Gasteiger charge is 2.38. The number of aryl methyl sites for hydroxylation is 2. The van der Waals surface area contributed by atoms with Gasteiger partial charge in [-0.3, -0.25) is 4.79 Å². The molecule has 0 spiro atoms. The number of carbonyl (C=O) groups is 2. The van der Waals surface area contributed by atoms with Crippen LogP contribution in [-0.2, 0) is 9.59 Å². The fraction of sp³-hybridized carbons (Fsp3) is 0.467. The molecule has 1 aliphatic rings. The number of aliphatic carboxylic acids is 1. The van der Waals surface area contributed by atoms with Crippen molar-refractivity contribution in [2.45, 2.75) is 32.4 Å². The predicted molar refractivity (Wildman–Crippen MR) is 75.2 cm³/mol. The van der Waals surface area contributed by atoms with Gasteiger partial charge in [-0.1, -0.05) is 6.07 Å². The average molecular weight is 293 g/mol. The molecule has 1 aromatic carbocycles. The van der Waals surface area contributed by atoms with E-state index >= 15 is 0 Å². The normalized spacial score (nSPS) is 21.4. The van der Waals surface area contributed by atoms with E-state index in [1.165, 1.54) is 0 Å². The van der Waals surface area contributed by atoms with E-state index in [2.05, 4.69) is 0 Å². The van der Waals surface area contributed by atoms with Crippen LogP contribution >= 0.6 is 0 Å². The Morgan fingerprint density at radius 3 is 2.48 bits per heavy atom. The number of likely N-dealkylation sites (tertiary alicyclic amines) is 1. The predicted octanol–water partition coefficient (Wildman–Crippen LogP) is 0.729. The highest BCUT2D eigenvalue weighted by atomic mass is 16.5. The van der Waals surface area contributed by atoms with Gasteiger partial charge >= 0.3 is 5.97 Å². The lowest BCUT2D eigenvalue weighted by Gasteiger charge is -2.21. The van der Waals surface area contributed by atoms with E-state index < -0.39 is 24.0 Å². The van der Waals surface area contributed by atoms with Crippen LogP contribution in [0.2, 0.25) is 0 Å². The van der Waals surface area contributed by atoms with Crippen molar-refractivity contribution in [3.05, 3.63) is 29.3 Å². The molecular weight excluding hydrogens is 274 g/mol. The molecule has 1 heterocycles. The second-order valence-electron chi connectivity index (χ2n) is 5.40. The summed E-state index contributed by atoms with van der Waals surface area (Å²) in [6, 6.07) is 4.64. The van der Waals surface area contributed by atoms with Gasteiger partial charge in [0.1, 0.15) is 11.8 Å². The summed E-state index contributed by atoms with van der Waals surface area (Å²) in [5, 5.41) is 18.6. The lowest BCUT2D eigenvalue weighted by molar-refractivity contribution is -0.148. The van der Waals surface area contributed by atoms with Crippen LogP contribution in [0, 0.1) is 13.8 Å². The van der Waals surface area contributed by atoms with Crippen LogP contribution in [0.1, 0.15) is 17.5 Å². The molecule has 6 nitrogen and oxygen atoms in total. The first-order chi connectivity index (χ1) is 9.86. The molecular formula is C15H19NO5. The van der Waals surface area contributed by atoms with Gasteiger partial charge in [0, 0.05) is 13.0 Å². The van der Waals surface area contributed by atoms with Crippen LogP contribution in [0.25, 0.3) is 0 Å². The molecule has 0 aromatic heterocycles. The zero-order valence-electron chi connectivity index (χ0n) is 12.1. The number of nitrogens with zero attached hydrogens (tertiary/aromatic N) is 1. The third-order valence-corrected chi connectivity index (χ3v) is 3.44. The summed E-state index contributed by atoms with van der Waals surface area (Å²) < 4.78 is 5.44. The Morgan fingerprint density at radius 2 is 1.90 bits per heavy atom. The summed E-state index contributed by atoms with van der Waals surface area (Å²) in [7, 11) is 0. The standard InChI is InChI=1S/C15H19NO5/c1-9-3-10(2)5-12(4-9)21-8-14(18)16-7-11(17)6-13(16)15(19)20/h3-5,11,13,17H,6-8H2,1-2H3,(H,19,20)/t11?,13-/m0/s1. The van der Waals surface area contributed by atoms with Gasteiger partial charge in [-0.25, -0.2) is 4.79 Å². The van der Waals surface area contributed by atoms with Crippen molar-refractivity contribution in [3.63, 3.8) is 0 Å². The van der Waals surface area contributed by atoms with Gasteiger partial charge in [-0.2, -0.15) is 0 Å². The number of hydrogen-bond donors (Lipinski definition) is 2. The molecule has 0 radical (unpaired) electrons. The topological polar surface area (TPSA) is 87.1 Å². The molecule has 1 unspecified atom stereocenters. The Kier molecular flexibility index (Phi) is 4.47. The Labute approximate surface area is 122 Å². The van der Waals surface area contributed by atoms with Gasteiger partial charge in [0.05, 0.1) is 6.10 Å². The van der Waals surface area contributed by atoms with Gasteiger partial charge in [-0.05, 0) is 37.1 Å². The first-order valence-corrected chi connectivity index (χ1v) is 6.78. The fourth-order valence-electron chi connectivity index (χ4n) is 2.57. The number of ether oxygens (including phenoxy) is 1. The molecule has 1 saturated heterocycles. The number of carboxylic acids is 1. The smallest absolute Gasteiger partial charge is 0.326 e. The Bertz CT molecular complexity index is 537. The van der Waals surface area contributed by atoms with E-state index in [0.29, 0.717) is 5.75 Å². The summed E-state index contributed by atoms with van der Waals surface area (Å²) in [6.45, 7) is 3.66. The van der Waals surface area contributed by atoms with Gasteiger partial charge in [0.25, 0.3) is 5.91 Å². The second kappa shape index (κ2) is 6.13. The molecule has 0 aliphatic carbocycles. The minimum Gasteiger partial charge on any atom is -0.484 e. The maximum atomic E-state index is 12.1. The van der Waals surface area contributed by atoms with E-state index in [1.807, 2.05) is 32.0 Å². The SMILES string of the molecule is Cc1cc(C)cc(OCC(=O)N2CC(O)C[C@H]2C(=O)O)c1. The van der Waals surface area contributed by atoms with Crippen molar-refractivity contribution in [1.29, 1.82) is 0 Å². The number of β-amino-alcohol motifs (C(OH)–C–C–N with tert-alkyl or cyclic N) is 1. The average Bonchev–Trinajstić information content (AvgIpc) is 2.77. The highest BCUT2D eigenvalue weighted by molar-refractivity contribution is 5.85. The van der Waals surface area contributed by atoms with Crippen molar-refractivity contribution in [2.24, 2.45) is 0 Å². The molecule has 1 aromatic rings. The van der Waals surface area contributed by atoms with Gasteiger partial charge in [0.2, 0.25) is 0 Å². The first kappa shape index (κ1) is 15.3. The largest absolute Gasteiger partial charge is 0.484 e. The minimum atomic E-state index is -1.11. The Morgan fingerprint density at radius 1 is 1.29 bits per heavy atom. The number of carboxylic acid groups (broad SMARTS) is 1. The maximum absolute atomic E-state index is 12.1. The number of carbonyl (C=O) groups excluding carboxylic acids is 1. The number of hydrogen-bond acceptors (Lipinski definition) is 4. The quantitative estimate of drug-likeness (QED) is 0.854. The lowest BCUT2D eigenvalue weighted by atomic mass is 10.1. The van der Waals surface area contributed by atoms with Crippen LogP contribution in [0.15, 0.2) is 18.2 Å². The van der Waals surface area contributed by atoms with Crippen LogP contribution < -0.4 is 4.74 Å². The molecule has 114 valence electrons. The third-order valence-electron chi connectivity index (χ3n) is 3.44. The van der Waals surface area contributed by atoms with Crippen LogP contribution in [0.4, 0.5) is 0 Å². The maximum Gasteiger partial charge on any atom is 0.326 e. The zero-order valence-corrected chi connectivity index (χ0v) is 12.1. The summed E-state index contributed by atoms with van der Waals surface area (Å²) in [4.78, 5) is 24.3. The molecule has 1 fully saturated rings. The molecule has 1 aliphatic heterocycles. The summed E-state index contributed by atoms with van der Waals surface area (Å²) in [5.41, 5.74) is 2.05. The van der Waals surface area contributed by atoms with E-state index in [0.717, 1.165) is 16.0 Å². The summed E-state index contributed by atoms with van der Waals surface area (Å²) in [6.07, 6.45) is -0.735. The fourth-order valence-corrected chi connectivity index (χ4v) is 2.57. The third kappa shape index (κ3) is 3.72. The summed E-state index contributed by atoms with van der Waals surface area (Å²) in [5.74, 6) is -0.961. The monoisotopic (exact) mass is 293 g/mol. The van der Waals surface area contributed by atoms with Crippen LogP contribution in [0.5, 0.6) is 5.75 Å². The number of rotatable bonds is 4. The minimum absolute atomic E-state index is 0.0337. The molecule has 0 bridgehead atoms. The number of benzene rings is 1. The van der Waals surface area contributed by atoms with Crippen molar-refractivity contribution in [1.82, 2.24) is 4.90 Å². The van der Waals surface area contributed by atoms with E-state index in [9.17, 15) is 14.7 Å². The van der Waals surface area contributed by atoms with E-state index in [1.54, 1.807) is 0 Å². The summed E-state index contributed by atoms with van der Waals surface area (Å²) >= 11 is 0. The first-order valence-electron chi connectivity index (χ1n) is 6.78. The van der Waals surface area contributed by atoms with E-state index in [4.69, 9.17) is 9.84 Å². The molecule has 0 saturated carbocycles. The van der Waals surface area contributed by atoms with Crippen molar-refractivity contribution in [3.8, 4) is 5.75 Å². The van der Waals surface area contributed by atoms with E-state index in [-0.39, 0.29) is 19.6 Å².